The minimum atomic E-state index is -0.726. The Kier molecular flexibility index (Phi) is 15.1. The highest BCUT2D eigenvalue weighted by molar-refractivity contribution is 7.27. The molecule has 1 fully saturated rings. The van der Waals surface area contributed by atoms with Crippen molar-refractivity contribution >= 4 is 56.1 Å². The van der Waals surface area contributed by atoms with Crippen molar-refractivity contribution in [3.05, 3.63) is 108 Å². The van der Waals surface area contributed by atoms with E-state index in [1.165, 1.54) is 18.9 Å². The summed E-state index contributed by atoms with van der Waals surface area (Å²) in [4.78, 5) is 69.4. The molecule has 3 atom stereocenters. The van der Waals surface area contributed by atoms with Gasteiger partial charge in [0.05, 0.1) is 53.4 Å². The molecule has 2 aromatic carbocycles. The van der Waals surface area contributed by atoms with Crippen molar-refractivity contribution in [1.82, 2.24) is 40.4 Å². The van der Waals surface area contributed by atoms with E-state index in [1.54, 1.807) is 38.7 Å². The highest BCUT2D eigenvalue weighted by atomic mass is 32.1. The molecule has 6 aromatic rings. The van der Waals surface area contributed by atoms with Crippen LogP contribution < -0.4 is 10.6 Å². The lowest BCUT2D eigenvalue weighted by Gasteiger charge is -2.29. The quantitative estimate of drug-likeness (QED) is 0.0988. The molecule has 6 heterocycles. The molecule has 61 heavy (non-hydrogen) atoms. The van der Waals surface area contributed by atoms with Crippen LogP contribution in [0.4, 0.5) is 9.59 Å². The van der Waals surface area contributed by atoms with E-state index in [-0.39, 0.29) is 36.4 Å². The van der Waals surface area contributed by atoms with E-state index in [9.17, 15) is 19.2 Å². The lowest BCUT2D eigenvalue weighted by Crippen LogP contribution is -2.51. The van der Waals surface area contributed by atoms with Crippen LogP contribution in [0, 0.1) is 5.92 Å². The van der Waals surface area contributed by atoms with Crippen molar-refractivity contribution in [2.45, 2.75) is 58.7 Å². The third kappa shape index (κ3) is 10.2. The number of amides is 4. The Balaban J connectivity index is 0.000000707. The van der Waals surface area contributed by atoms with Crippen LogP contribution in [0.2, 0.25) is 0 Å². The average Bonchev–Trinajstić information content (AvgIpc) is 4.15. The SMILES string of the molecule is CC.COC(=O)NCC(=O)N1CCCC1c1ncc(-c2ccc(-c3csc4c(-c5cnc(C6C=CCN6C(=O)C(NC(=O)OC)C(C)C)[nH]5)csc34)cc2)[nH]1.c1ccccc1. The summed E-state index contributed by atoms with van der Waals surface area (Å²) in [5, 5.41) is 9.45. The Hall–Kier alpha value is -6.26. The number of aromatic nitrogens is 4. The molecule has 4 aromatic heterocycles. The summed E-state index contributed by atoms with van der Waals surface area (Å²) in [5.41, 5.74) is 6.00. The predicted octanol–water partition coefficient (Wildman–Crippen LogP) is 8.96. The molecule has 4 N–H and O–H groups in total. The molecule has 320 valence electrons. The van der Waals surface area contributed by atoms with E-state index >= 15 is 0 Å². The van der Waals surface area contributed by atoms with E-state index in [0.717, 1.165) is 57.0 Å². The zero-order chi connectivity index (χ0) is 43.5. The van der Waals surface area contributed by atoms with Crippen molar-refractivity contribution < 1.29 is 28.7 Å². The number of H-pyrrole nitrogens is 2. The minimum Gasteiger partial charge on any atom is -0.453 e. The van der Waals surface area contributed by atoms with Crippen molar-refractivity contribution in [3.8, 4) is 33.6 Å². The summed E-state index contributed by atoms with van der Waals surface area (Å²) in [7, 11) is 2.54. The Bertz CT molecular complexity index is 2390. The highest BCUT2D eigenvalue weighted by Crippen LogP contribution is 2.44. The highest BCUT2D eigenvalue weighted by Gasteiger charge is 2.36. The van der Waals surface area contributed by atoms with Crippen molar-refractivity contribution in [3.63, 3.8) is 0 Å². The first-order valence-electron chi connectivity index (χ1n) is 20.3. The van der Waals surface area contributed by atoms with Gasteiger partial charge in [-0.2, -0.15) is 0 Å². The van der Waals surface area contributed by atoms with Gasteiger partial charge < -0.3 is 39.9 Å². The summed E-state index contributed by atoms with van der Waals surface area (Å²) in [6, 6.07) is 19.0. The molecule has 0 radical (unpaired) electrons. The van der Waals surface area contributed by atoms with E-state index < -0.39 is 18.2 Å². The number of ether oxygens (including phenoxy) is 2. The van der Waals surface area contributed by atoms with Crippen LogP contribution in [0.5, 0.6) is 0 Å². The van der Waals surface area contributed by atoms with Crippen LogP contribution >= 0.6 is 22.7 Å². The van der Waals surface area contributed by atoms with Crippen molar-refractivity contribution in [2.75, 3.05) is 33.9 Å². The van der Waals surface area contributed by atoms with Gasteiger partial charge in [0.25, 0.3) is 0 Å². The number of rotatable bonds is 10. The fraction of sp³-hybridized carbons (Fsp3) is 0.333. The number of methoxy groups -OCH3 is 2. The fourth-order valence-corrected chi connectivity index (χ4v) is 9.67. The summed E-state index contributed by atoms with van der Waals surface area (Å²) in [5.74, 6) is 0.867. The molecule has 4 amide bonds. The maximum absolute atomic E-state index is 13.6. The third-order valence-corrected chi connectivity index (χ3v) is 12.5. The molecule has 8 rings (SSSR count). The first-order valence-corrected chi connectivity index (χ1v) is 22.0. The zero-order valence-electron chi connectivity index (χ0n) is 35.1. The van der Waals surface area contributed by atoms with Crippen molar-refractivity contribution in [2.24, 2.45) is 5.92 Å². The summed E-state index contributed by atoms with van der Waals surface area (Å²) in [6.45, 7) is 8.66. The monoisotopic (exact) mass is 864 g/mol. The number of likely N-dealkylation sites (tertiary alicyclic amines) is 1. The molecule has 0 bridgehead atoms. The number of carbonyl (C=O) groups is 4. The standard InChI is InChI=1S/C37H40N8O6S2.C6H6.C2H6/c1-20(2)30(43-37(49)51-4)35(47)45-14-6-8-28(45)34-39-16-26(42-34)24-19-53-31-23(18-52-32(24)31)21-9-11-22(12-10-21)25-15-38-33(41-25)27-7-5-13-44(27)29(46)17-40-36(48)50-3;1-2-4-6-5-3-1;1-2/h6,8-12,15-16,18-20,27-28,30H,5,7,13-14,17H2,1-4H3,(H,38,41)(H,39,42)(H,40,48)(H,43,49);1-6H;1-2H3. The number of benzene rings is 2. The second-order valence-corrected chi connectivity index (χ2v) is 16.1. The van der Waals surface area contributed by atoms with Gasteiger partial charge in [-0.15, -0.1) is 22.7 Å². The lowest BCUT2D eigenvalue weighted by molar-refractivity contribution is -0.135. The molecule has 0 saturated carbocycles. The molecular weight excluding hydrogens is 813 g/mol. The maximum atomic E-state index is 13.6. The van der Waals surface area contributed by atoms with Gasteiger partial charge in [-0.1, -0.05) is 101 Å². The molecule has 2 aliphatic rings. The molecule has 1 saturated heterocycles. The summed E-state index contributed by atoms with van der Waals surface area (Å²) in [6.07, 6.45) is 7.86. The largest absolute Gasteiger partial charge is 0.453 e. The number of alkyl carbamates (subject to hydrolysis) is 2. The van der Waals surface area contributed by atoms with Crippen LogP contribution in [0.25, 0.3) is 43.0 Å². The Labute approximate surface area is 363 Å². The molecule has 14 nitrogen and oxygen atoms in total. The number of carbonyl (C=O) groups excluding carboxylic acids is 4. The molecule has 16 heteroatoms. The molecular formula is C45H52N8O6S2. The van der Waals surface area contributed by atoms with Crippen LogP contribution in [-0.2, 0) is 19.1 Å². The van der Waals surface area contributed by atoms with E-state index in [0.29, 0.717) is 18.9 Å². The van der Waals surface area contributed by atoms with Gasteiger partial charge in [-0.3, -0.25) is 9.59 Å². The lowest BCUT2D eigenvalue weighted by atomic mass is 10.0. The average molecular weight is 865 g/mol. The van der Waals surface area contributed by atoms with Crippen LogP contribution in [0.15, 0.2) is 96.0 Å². The number of nitrogens with zero attached hydrogens (tertiary/aromatic N) is 4. The normalized spacial score (nSPS) is 16.0. The zero-order valence-corrected chi connectivity index (χ0v) is 36.8. The maximum Gasteiger partial charge on any atom is 0.407 e. The molecule has 3 unspecified atom stereocenters. The van der Waals surface area contributed by atoms with E-state index in [4.69, 9.17) is 4.74 Å². The second-order valence-electron chi connectivity index (χ2n) is 14.4. The first-order chi connectivity index (χ1) is 29.7. The summed E-state index contributed by atoms with van der Waals surface area (Å²) < 4.78 is 11.7. The Morgan fingerprint density at radius 3 is 2.05 bits per heavy atom. The second kappa shape index (κ2) is 20.8. The summed E-state index contributed by atoms with van der Waals surface area (Å²) >= 11 is 3.36. The topological polar surface area (TPSA) is 175 Å². The first kappa shape index (κ1) is 44.3. The fourth-order valence-electron chi connectivity index (χ4n) is 7.23. The van der Waals surface area contributed by atoms with Crippen LogP contribution in [-0.4, -0.2) is 93.6 Å². The van der Waals surface area contributed by atoms with Gasteiger partial charge in [-0.05, 0) is 29.9 Å². The van der Waals surface area contributed by atoms with Gasteiger partial charge in [0, 0.05) is 35.0 Å². The molecule has 0 spiro atoms. The number of hydrogen-bond acceptors (Lipinski definition) is 10. The number of thiophene rings is 2. The van der Waals surface area contributed by atoms with E-state index in [2.05, 4.69) is 70.3 Å². The van der Waals surface area contributed by atoms with Gasteiger partial charge in [-0.25, -0.2) is 19.6 Å². The van der Waals surface area contributed by atoms with Gasteiger partial charge >= 0.3 is 12.2 Å². The third-order valence-electron chi connectivity index (χ3n) is 10.3. The number of aromatic amines is 2. The molecule has 0 aliphatic carbocycles. The van der Waals surface area contributed by atoms with Crippen molar-refractivity contribution in [1.29, 1.82) is 0 Å². The number of nitrogens with one attached hydrogen (secondary N) is 4. The van der Waals surface area contributed by atoms with Gasteiger partial charge in [0.15, 0.2) is 0 Å². The minimum absolute atomic E-state index is 0.125. The predicted molar refractivity (Wildman–Crippen MR) is 240 cm³/mol. The van der Waals surface area contributed by atoms with Crippen LogP contribution in [0.1, 0.15) is 64.3 Å². The van der Waals surface area contributed by atoms with E-state index in [1.807, 2.05) is 82.4 Å². The Morgan fingerprint density at radius 1 is 0.803 bits per heavy atom. The number of fused-ring (bicyclic) bond motifs is 1. The molecule has 2 aliphatic heterocycles. The van der Waals surface area contributed by atoms with Crippen LogP contribution in [0.3, 0.4) is 0 Å². The van der Waals surface area contributed by atoms with Gasteiger partial charge in [0.1, 0.15) is 30.3 Å². The Morgan fingerprint density at radius 2 is 1.39 bits per heavy atom. The smallest absolute Gasteiger partial charge is 0.407 e. The number of imidazole rings is 2. The van der Waals surface area contributed by atoms with Gasteiger partial charge in [0.2, 0.25) is 11.8 Å². The number of hydrogen-bond donors (Lipinski definition) is 4.